The first-order chi connectivity index (χ1) is 8.54. The molecule has 0 aliphatic carbocycles. The van der Waals surface area contributed by atoms with E-state index in [1.54, 1.807) is 6.07 Å². The lowest BCUT2D eigenvalue weighted by molar-refractivity contribution is 0.0596. The lowest BCUT2D eigenvalue weighted by atomic mass is 10.2. The maximum atomic E-state index is 11.6. The van der Waals surface area contributed by atoms with Crippen LogP contribution in [0, 0.1) is 5.92 Å². The van der Waals surface area contributed by atoms with Crippen LogP contribution in [-0.4, -0.2) is 25.1 Å². The molecule has 1 aromatic rings. The zero-order valence-electron chi connectivity index (χ0n) is 11.3. The van der Waals surface area contributed by atoms with Gasteiger partial charge < -0.3 is 9.47 Å². The summed E-state index contributed by atoms with van der Waals surface area (Å²) in [6.07, 6.45) is 0. The second-order valence-electron chi connectivity index (χ2n) is 4.40. The van der Waals surface area contributed by atoms with Gasteiger partial charge in [0, 0.05) is 4.90 Å². The Kier molecular flexibility index (Phi) is 6.22. The van der Waals surface area contributed by atoms with Gasteiger partial charge in [-0.2, -0.15) is 0 Å². The Morgan fingerprint density at radius 3 is 2.56 bits per heavy atom. The zero-order valence-corrected chi connectivity index (χ0v) is 12.1. The van der Waals surface area contributed by atoms with E-state index in [-0.39, 0.29) is 11.4 Å². The molecule has 0 aromatic heterocycles. The van der Waals surface area contributed by atoms with E-state index < -0.39 is 0 Å². The predicted octanol–water partition coefficient (Wildman–Crippen LogP) is 3.58. The molecule has 0 radical (unpaired) electrons. The van der Waals surface area contributed by atoms with Gasteiger partial charge in [0.2, 0.25) is 0 Å². The SMILES string of the molecule is COC(=O)c1ccccc1SC(C)OCC(C)C. The summed E-state index contributed by atoms with van der Waals surface area (Å²) in [4.78, 5) is 12.5. The maximum absolute atomic E-state index is 11.6. The molecule has 0 bridgehead atoms. The summed E-state index contributed by atoms with van der Waals surface area (Å²) in [6.45, 7) is 6.93. The number of hydrogen-bond donors (Lipinski definition) is 0. The Bertz CT molecular complexity index is 390. The lowest BCUT2D eigenvalue weighted by Crippen LogP contribution is -2.10. The first kappa shape index (κ1) is 15.1. The third-order valence-electron chi connectivity index (χ3n) is 2.25. The Morgan fingerprint density at radius 2 is 1.94 bits per heavy atom. The fraction of sp³-hybridized carbons (Fsp3) is 0.500. The summed E-state index contributed by atoms with van der Waals surface area (Å²) in [5, 5.41) is 0. The van der Waals surface area contributed by atoms with Crippen LogP contribution in [0.15, 0.2) is 29.2 Å². The van der Waals surface area contributed by atoms with Crippen LogP contribution >= 0.6 is 11.8 Å². The number of methoxy groups -OCH3 is 1. The lowest BCUT2D eigenvalue weighted by Gasteiger charge is -2.15. The number of thioether (sulfide) groups is 1. The van der Waals surface area contributed by atoms with E-state index in [1.165, 1.54) is 18.9 Å². The first-order valence-corrected chi connectivity index (χ1v) is 6.88. The van der Waals surface area contributed by atoms with E-state index in [2.05, 4.69) is 13.8 Å². The van der Waals surface area contributed by atoms with Crippen LogP contribution in [0.4, 0.5) is 0 Å². The third-order valence-corrected chi connectivity index (χ3v) is 3.33. The molecule has 0 saturated heterocycles. The van der Waals surface area contributed by atoms with Crippen LogP contribution in [0.1, 0.15) is 31.1 Å². The molecule has 0 amide bonds. The molecule has 1 rings (SSSR count). The standard InChI is InChI=1S/C14H20O3S/c1-10(2)9-17-11(3)18-13-8-6-5-7-12(13)14(15)16-4/h5-8,10-11H,9H2,1-4H3. The van der Waals surface area contributed by atoms with Gasteiger partial charge in [-0.25, -0.2) is 4.79 Å². The van der Waals surface area contributed by atoms with Crippen molar-refractivity contribution in [3.05, 3.63) is 29.8 Å². The molecule has 100 valence electrons. The van der Waals surface area contributed by atoms with Crippen molar-refractivity contribution in [3.8, 4) is 0 Å². The van der Waals surface area contributed by atoms with Gasteiger partial charge in [-0.15, -0.1) is 0 Å². The Morgan fingerprint density at radius 1 is 1.28 bits per heavy atom. The van der Waals surface area contributed by atoms with E-state index in [1.807, 2.05) is 25.1 Å². The van der Waals surface area contributed by atoms with E-state index >= 15 is 0 Å². The Labute approximate surface area is 113 Å². The largest absolute Gasteiger partial charge is 0.465 e. The zero-order chi connectivity index (χ0) is 13.5. The smallest absolute Gasteiger partial charge is 0.338 e. The summed E-state index contributed by atoms with van der Waals surface area (Å²) in [7, 11) is 1.39. The summed E-state index contributed by atoms with van der Waals surface area (Å²) < 4.78 is 10.5. The van der Waals surface area contributed by atoms with Gasteiger partial charge in [0.25, 0.3) is 0 Å². The van der Waals surface area contributed by atoms with E-state index in [9.17, 15) is 4.79 Å². The molecular formula is C14H20O3S. The van der Waals surface area contributed by atoms with Crippen LogP contribution < -0.4 is 0 Å². The Hall–Kier alpha value is -1.00. The minimum atomic E-state index is -0.311. The molecule has 0 fully saturated rings. The molecule has 0 N–H and O–H groups in total. The summed E-state index contributed by atoms with van der Waals surface area (Å²) >= 11 is 1.53. The van der Waals surface area contributed by atoms with Crippen molar-refractivity contribution in [2.75, 3.05) is 13.7 Å². The van der Waals surface area contributed by atoms with Crippen molar-refractivity contribution in [1.29, 1.82) is 0 Å². The van der Waals surface area contributed by atoms with Crippen molar-refractivity contribution in [3.63, 3.8) is 0 Å². The number of carbonyl (C=O) groups is 1. The first-order valence-electron chi connectivity index (χ1n) is 6.00. The topological polar surface area (TPSA) is 35.5 Å². The normalized spacial score (nSPS) is 12.5. The highest BCUT2D eigenvalue weighted by atomic mass is 32.2. The molecule has 4 heteroatoms. The fourth-order valence-corrected chi connectivity index (χ4v) is 2.33. The van der Waals surface area contributed by atoms with Gasteiger partial charge in [-0.3, -0.25) is 0 Å². The highest BCUT2D eigenvalue weighted by Gasteiger charge is 2.14. The minimum Gasteiger partial charge on any atom is -0.465 e. The molecular weight excluding hydrogens is 248 g/mol. The fourth-order valence-electron chi connectivity index (χ4n) is 1.39. The van der Waals surface area contributed by atoms with Gasteiger partial charge in [0.1, 0.15) is 5.44 Å². The van der Waals surface area contributed by atoms with Crippen molar-refractivity contribution in [2.24, 2.45) is 5.92 Å². The minimum absolute atomic E-state index is 0.0122. The van der Waals surface area contributed by atoms with Crippen LogP contribution in [0.25, 0.3) is 0 Å². The molecule has 18 heavy (non-hydrogen) atoms. The van der Waals surface area contributed by atoms with Crippen LogP contribution in [0.2, 0.25) is 0 Å². The number of rotatable bonds is 6. The quantitative estimate of drug-likeness (QED) is 0.449. The summed E-state index contributed by atoms with van der Waals surface area (Å²) in [6, 6.07) is 7.41. The van der Waals surface area contributed by atoms with Crippen LogP contribution in [-0.2, 0) is 9.47 Å². The van der Waals surface area contributed by atoms with Crippen LogP contribution in [0.3, 0.4) is 0 Å². The highest BCUT2D eigenvalue weighted by molar-refractivity contribution is 7.99. The average molecular weight is 268 g/mol. The van der Waals surface area contributed by atoms with Gasteiger partial charge in [0.05, 0.1) is 19.3 Å². The molecule has 1 atom stereocenters. The van der Waals surface area contributed by atoms with Crippen molar-refractivity contribution in [2.45, 2.75) is 31.1 Å². The number of ether oxygens (including phenoxy) is 2. The van der Waals surface area contributed by atoms with E-state index in [4.69, 9.17) is 9.47 Å². The van der Waals surface area contributed by atoms with Gasteiger partial charge in [0.15, 0.2) is 0 Å². The van der Waals surface area contributed by atoms with Crippen LogP contribution in [0.5, 0.6) is 0 Å². The maximum Gasteiger partial charge on any atom is 0.338 e. The number of carbonyl (C=O) groups excluding carboxylic acids is 1. The number of benzene rings is 1. The Balaban J connectivity index is 2.69. The second kappa shape index (κ2) is 7.44. The van der Waals surface area contributed by atoms with Gasteiger partial charge >= 0.3 is 5.97 Å². The monoisotopic (exact) mass is 268 g/mol. The van der Waals surface area contributed by atoms with Gasteiger partial charge in [-0.05, 0) is 25.0 Å². The summed E-state index contributed by atoms with van der Waals surface area (Å²) in [5.41, 5.74) is 0.600. The van der Waals surface area contributed by atoms with Crippen molar-refractivity contribution < 1.29 is 14.3 Å². The van der Waals surface area contributed by atoms with E-state index in [0.29, 0.717) is 18.1 Å². The third kappa shape index (κ3) is 4.70. The molecule has 3 nitrogen and oxygen atoms in total. The van der Waals surface area contributed by atoms with Gasteiger partial charge in [-0.1, -0.05) is 37.7 Å². The molecule has 0 saturated carbocycles. The molecule has 0 heterocycles. The average Bonchev–Trinajstić information content (AvgIpc) is 2.36. The highest BCUT2D eigenvalue weighted by Crippen LogP contribution is 2.28. The summed E-state index contributed by atoms with van der Waals surface area (Å²) in [5.74, 6) is 0.193. The van der Waals surface area contributed by atoms with Crippen molar-refractivity contribution in [1.82, 2.24) is 0 Å². The molecule has 0 spiro atoms. The molecule has 1 aromatic carbocycles. The molecule has 1 unspecified atom stereocenters. The van der Waals surface area contributed by atoms with Crippen molar-refractivity contribution >= 4 is 17.7 Å². The second-order valence-corrected chi connectivity index (χ2v) is 5.74. The van der Waals surface area contributed by atoms with E-state index in [0.717, 1.165) is 4.90 Å². The number of hydrogen-bond acceptors (Lipinski definition) is 4. The number of esters is 1. The molecule has 0 aliphatic rings. The predicted molar refractivity (Wildman–Crippen MR) is 73.9 cm³/mol. The molecule has 0 aliphatic heterocycles.